The number of esters is 1. The number of hydrogen-bond donors (Lipinski definition) is 1. The molecule has 1 N–H and O–H groups in total. The zero-order chi connectivity index (χ0) is 30.4. The van der Waals surface area contributed by atoms with Crippen LogP contribution in [0.25, 0.3) is 10.6 Å². The largest absolute Gasteiger partial charge is 0.497 e. The number of aromatic nitrogens is 2. The van der Waals surface area contributed by atoms with E-state index >= 15 is 0 Å². The van der Waals surface area contributed by atoms with Crippen LogP contribution >= 0.6 is 11.3 Å². The summed E-state index contributed by atoms with van der Waals surface area (Å²) in [6, 6.07) is 20.3. The maximum atomic E-state index is 12.2. The van der Waals surface area contributed by atoms with Gasteiger partial charge in [0.05, 0.1) is 37.3 Å². The third-order valence-corrected chi connectivity index (χ3v) is 9.15. The maximum absolute atomic E-state index is 12.2. The van der Waals surface area contributed by atoms with Crippen LogP contribution in [0.15, 0.2) is 66.9 Å². The van der Waals surface area contributed by atoms with E-state index in [0.29, 0.717) is 50.4 Å². The van der Waals surface area contributed by atoms with E-state index in [0.717, 1.165) is 44.6 Å². The predicted octanol–water partition coefficient (Wildman–Crippen LogP) is 6.68. The van der Waals surface area contributed by atoms with Crippen molar-refractivity contribution >= 4 is 23.1 Å². The first kappa shape index (κ1) is 30.5. The van der Waals surface area contributed by atoms with Crippen molar-refractivity contribution in [2.45, 2.75) is 58.2 Å². The average Bonchev–Trinajstić information content (AvgIpc) is 3.53. The van der Waals surface area contributed by atoms with Crippen LogP contribution in [0.3, 0.4) is 0 Å². The van der Waals surface area contributed by atoms with E-state index in [4.69, 9.17) is 19.2 Å². The second-order valence-corrected chi connectivity index (χ2v) is 12.1. The van der Waals surface area contributed by atoms with Gasteiger partial charge in [-0.1, -0.05) is 24.3 Å². The topological polar surface area (TPSA) is 94.0 Å². The SMILES string of the molecule is CCOC(=O)[C@H]1CC[C@@](O)(c2ncc(-c3cc(C)cc(N(Cc4ccc(OC)cc4)Cc4ccc(OC)cc4)n3)s2)CC1. The fourth-order valence-corrected chi connectivity index (χ4v) is 6.49. The number of anilines is 1. The zero-order valence-electron chi connectivity index (χ0n) is 25.2. The van der Waals surface area contributed by atoms with Crippen molar-refractivity contribution in [3.63, 3.8) is 0 Å². The minimum absolute atomic E-state index is 0.164. The Bertz CT molecular complexity index is 1460. The zero-order valence-corrected chi connectivity index (χ0v) is 26.0. The molecule has 0 saturated heterocycles. The Morgan fingerprint density at radius 3 is 2.09 bits per heavy atom. The molecule has 1 aliphatic rings. The van der Waals surface area contributed by atoms with Gasteiger partial charge in [0.2, 0.25) is 0 Å². The first-order valence-corrected chi connectivity index (χ1v) is 15.5. The van der Waals surface area contributed by atoms with E-state index in [9.17, 15) is 9.90 Å². The van der Waals surface area contributed by atoms with E-state index in [1.807, 2.05) is 31.2 Å². The van der Waals surface area contributed by atoms with Gasteiger partial charge in [-0.25, -0.2) is 9.97 Å². The van der Waals surface area contributed by atoms with E-state index in [2.05, 4.69) is 53.2 Å². The maximum Gasteiger partial charge on any atom is 0.308 e. The van der Waals surface area contributed by atoms with Crippen LogP contribution in [0.2, 0.25) is 0 Å². The molecule has 1 fully saturated rings. The molecule has 9 heteroatoms. The van der Waals surface area contributed by atoms with Crippen LogP contribution in [0.4, 0.5) is 5.82 Å². The van der Waals surface area contributed by atoms with Crippen LogP contribution in [-0.2, 0) is 28.2 Å². The number of benzene rings is 2. The Kier molecular flexibility index (Phi) is 9.62. The predicted molar refractivity (Wildman–Crippen MR) is 168 cm³/mol. The lowest BCUT2D eigenvalue weighted by Gasteiger charge is -2.33. The fraction of sp³-hybridized carbons (Fsp3) is 0.382. The van der Waals surface area contributed by atoms with Crippen molar-refractivity contribution in [3.05, 3.63) is 88.6 Å². The van der Waals surface area contributed by atoms with Crippen LogP contribution in [0.1, 0.15) is 54.3 Å². The fourth-order valence-electron chi connectivity index (χ4n) is 5.47. The van der Waals surface area contributed by atoms with Crippen molar-refractivity contribution in [1.29, 1.82) is 0 Å². The van der Waals surface area contributed by atoms with Crippen LogP contribution in [0, 0.1) is 12.8 Å². The number of thiazole rings is 1. The summed E-state index contributed by atoms with van der Waals surface area (Å²) in [6.07, 6.45) is 3.94. The van der Waals surface area contributed by atoms with Gasteiger partial charge in [0.15, 0.2) is 0 Å². The highest BCUT2D eigenvalue weighted by atomic mass is 32.1. The molecule has 0 unspecified atom stereocenters. The van der Waals surface area contributed by atoms with Gasteiger partial charge in [-0.15, -0.1) is 11.3 Å². The van der Waals surface area contributed by atoms with Crippen molar-refractivity contribution < 1.29 is 24.1 Å². The Balaban J connectivity index is 1.40. The normalized spacial score (nSPS) is 18.2. The van der Waals surface area contributed by atoms with Gasteiger partial charge in [0, 0.05) is 19.3 Å². The lowest BCUT2D eigenvalue weighted by atomic mass is 9.79. The van der Waals surface area contributed by atoms with Gasteiger partial charge in [-0.2, -0.15) is 0 Å². The van der Waals surface area contributed by atoms with Gasteiger partial charge in [-0.3, -0.25) is 4.79 Å². The number of aliphatic hydroxyl groups is 1. The number of rotatable bonds is 11. The molecule has 1 aliphatic carbocycles. The Morgan fingerprint density at radius 1 is 0.977 bits per heavy atom. The summed E-state index contributed by atoms with van der Waals surface area (Å²) in [5.41, 5.74) is 3.13. The quantitative estimate of drug-likeness (QED) is 0.190. The van der Waals surface area contributed by atoms with Gasteiger partial charge in [0.25, 0.3) is 0 Å². The monoisotopic (exact) mass is 601 g/mol. The first-order chi connectivity index (χ1) is 20.8. The highest BCUT2D eigenvalue weighted by molar-refractivity contribution is 7.15. The third kappa shape index (κ3) is 7.35. The number of aryl methyl sites for hydroxylation is 1. The molecule has 0 spiro atoms. The highest BCUT2D eigenvalue weighted by Crippen LogP contribution is 2.43. The molecule has 0 amide bonds. The molecule has 0 radical (unpaired) electrons. The molecule has 1 saturated carbocycles. The van der Waals surface area contributed by atoms with Crippen LogP contribution in [-0.4, -0.2) is 41.9 Å². The summed E-state index contributed by atoms with van der Waals surface area (Å²) < 4.78 is 15.9. The molecule has 0 aliphatic heterocycles. The van der Waals surface area contributed by atoms with E-state index in [1.165, 1.54) is 11.3 Å². The number of nitrogens with zero attached hydrogens (tertiary/aromatic N) is 3. The average molecular weight is 602 g/mol. The Labute approximate surface area is 257 Å². The van der Waals surface area contributed by atoms with Crippen LogP contribution in [0.5, 0.6) is 11.5 Å². The highest BCUT2D eigenvalue weighted by Gasteiger charge is 2.40. The second kappa shape index (κ2) is 13.6. The summed E-state index contributed by atoms with van der Waals surface area (Å²) in [5, 5.41) is 12.2. The molecular weight excluding hydrogens is 562 g/mol. The molecular formula is C34H39N3O5S. The second-order valence-electron chi connectivity index (χ2n) is 11.0. The van der Waals surface area contributed by atoms with Crippen molar-refractivity contribution in [3.8, 4) is 22.1 Å². The lowest BCUT2D eigenvalue weighted by molar-refractivity contribution is -0.151. The molecule has 4 aromatic rings. The van der Waals surface area contributed by atoms with Gasteiger partial charge in [0.1, 0.15) is 27.9 Å². The molecule has 0 bridgehead atoms. The number of pyridine rings is 1. The Morgan fingerprint density at radius 2 is 1.56 bits per heavy atom. The van der Waals surface area contributed by atoms with Crippen molar-refractivity contribution in [2.75, 3.05) is 25.7 Å². The molecule has 2 aromatic heterocycles. The standard InChI is InChI=1S/C34H39N3O5S/c1-5-42-32(38)26-14-16-34(39,17-15-26)33-35-20-30(43-33)29-18-23(2)19-31(36-29)37(21-24-6-10-27(40-3)11-7-24)22-25-8-12-28(41-4)13-9-25/h6-13,18-20,26,39H,5,14-17,21-22H2,1-4H3/t26-,34-. The molecule has 226 valence electrons. The molecule has 0 atom stereocenters. The summed E-state index contributed by atoms with van der Waals surface area (Å²) >= 11 is 1.47. The number of ether oxygens (including phenoxy) is 3. The summed E-state index contributed by atoms with van der Waals surface area (Å²) in [4.78, 5) is 25.1. The van der Waals surface area contributed by atoms with Crippen molar-refractivity contribution in [1.82, 2.24) is 9.97 Å². The number of carbonyl (C=O) groups is 1. The molecule has 5 rings (SSSR count). The smallest absolute Gasteiger partial charge is 0.308 e. The minimum Gasteiger partial charge on any atom is -0.497 e. The Hall–Kier alpha value is -3.95. The molecule has 8 nitrogen and oxygen atoms in total. The van der Waals surface area contributed by atoms with Gasteiger partial charge in [-0.05, 0) is 92.6 Å². The van der Waals surface area contributed by atoms with Crippen LogP contribution < -0.4 is 14.4 Å². The van der Waals surface area contributed by atoms with Gasteiger partial charge < -0.3 is 24.2 Å². The summed E-state index contributed by atoms with van der Waals surface area (Å²) in [5.74, 6) is 2.15. The van der Waals surface area contributed by atoms with E-state index in [-0.39, 0.29) is 11.9 Å². The van der Waals surface area contributed by atoms with Crippen molar-refractivity contribution in [2.24, 2.45) is 5.92 Å². The molecule has 43 heavy (non-hydrogen) atoms. The van der Waals surface area contributed by atoms with Gasteiger partial charge >= 0.3 is 5.97 Å². The van der Waals surface area contributed by atoms with E-state index < -0.39 is 5.60 Å². The number of carbonyl (C=O) groups excluding carboxylic acids is 1. The minimum atomic E-state index is -1.05. The summed E-state index contributed by atoms with van der Waals surface area (Å²) in [7, 11) is 3.34. The number of hydrogen-bond acceptors (Lipinski definition) is 9. The lowest BCUT2D eigenvalue weighted by Crippen LogP contribution is -2.34. The summed E-state index contributed by atoms with van der Waals surface area (Å²) in [6.45, 7) is 5.57. The molecule has 2 heterocycles. The number of methoxy groups -OCH3 is 2. The third-order valence-electron chi connectivity index (χ3n) is 7.93. The first-order valence-electron chi connectivity index (χ1n) is 14.7. The van der Waals surface area contributed by atoms with E-state index in [1.54, 1.807) is 20.4 Å². The molecule has 2 aromatic carbocycles.